The summed E-state index contributed by atoms with van der Waals surface area (Å²) in [6.45, 7) is 10.4. The minimum Gasteiger partial charge on any atom is -0.197 e. The molecule has 3 aromatic heterocycles. The van der Waals surface area contributed by atoms with E-state index in [9.17, 15) is 0 Å². The molecular formula is C48H48N2S+2. The van der Waals surface area contributed by atoms with Crippen molar-refractivity contribution in [1.29, 1.82) is 0 Å². The molecule has 4 aromatic carbocycles. The summed E-state index contributed by atoms with van der Waals surface area (Å²) in [5, 5.41) is 2.75. The summed E-state index contributed by atoms with van der Waals surface area (Å²) in [7, 11) is 0. The third-order valence-corrected chi connectivity index (χ3v) is 13.6. The lowest BCUT2D eigenvalue weighted by molar-refractivity contribution is -0.765. The first-order chi connectivity index (χ1) is 25.1. The summed E-state index contributed by atoms with van der Waals surface area (Å²) in [5.41, 5.74) is 14.0. The van der Waals surface area contributed by atoms with Crippen LogP contribution in [-0.2, 0) is 18.5 Å². The quantitative estimate of drug-likeness (QED) is 0.111. The number of aryl methyl sites for hydroxylation is 2. The molecule has 7 aromatic rings. The number of hydrogen-bond acceptors (Lipinski definition) is 1. The van der Waals surface area contributed by atoms with E-state index in [1.807, 2.05) is 11.3 Å². The van der Waals surface area contributed by atoms with Crippen LogP contribution in [0.25, 0.3) is 53.8 Å². The van der Waals surface area contributed by atoms with Crippen molar-refractivity contribution in [3.8, 4) is 33.6 Å². The average Bonchev–Trinajstić information content (AvgIpc) is 3.56. The number of fused-ring (bicyclic) bond motifs is 10. The summed E-state index contributed by atoms with van der Waals surface area (Å²) in [5.74, 6) is 0.600. The third-order valence-electron chi connectivity index (χ3n) is 12.4. The van der Waals surface area contributed by atoms with Gasteiger partial charge in [-0.25, -0.2) is 0 Å². The molecule has 0 saturated heterocycles. The molecule has 51 heavy (non-hydrogen) atoms. The average molecular weight is 685 g/mol. The molecule has 0 saturated carbocycles. The molecule has 254 valence electrons. The second-order valence-corrected chi connectivity index (χ2v) is 16.1. The second kappa shape index (κ2) is 12.9. The summed E-state index contributed by atoms with van der Waals surface area (Å²) in [6, 6.07) is 41.8. The highest BCUT2D eigenvalue weighted by Gasteiger charge is 2.57. The predicted molar refractivity (Wildman–Crippen MR) is 214 cm³/mol. The Morgan fingerprint density at radius 3 is 2.31 bits per heavy atom. The molecule has 9 rings (SSSR count). The van der Waals surface area contributed by atoms with Gasteiger partial charge in [0.05, 0.1) is 17.4 Å². The minimum absolute atomic E-state index is 0.103. The smallest absolute Gasteiger partial charge is 0.197 e. The van der Waals surface area contributed by atoms with Crippen molar-refractivity contribution >= 4 is 31.5 Å². The highest BCUT2D eigenvalue weighted by molar-refractivity contribution is 7.26. The number of nitrogens with zero attached hydrogens (tertiary/aromatic N) is 2. The van der Waals surface area contributed by atoms with Crippen LogP contribution < -0.4 is 9.13 Å². The van der Waals surface area contributed by atoms with Gasteiger partial charge in [0.2, 0.25) is 11.4 Å². The predicted octanol–water partition coefficient (Wildman–Crippen LogP) is 12.1. The Morgan fingerprint density at radius 1 is 0.706 bits per heavy atom. The number of unbranched alkanes of at least 4 members (excludes halogenated alkanes) is 2. The van der Waals surface area contributed by atoms with Crippen LogP contribution in [0.4, 0.5) is 0 Å². The molecule has 0 spiro atoms. The Hall–Kier alpha value is -4.60. The standard InChI is InChI=1S/C48H48N2S/c1-5-8-10-19-34-28-43-35-20-13-14-22-38(35)46(48(6-2,7-3)50(43)31-40(34)33-17-11-9-12-18-33)41-30-49-29-32(4)24-27-42(49)45-37(41)25-26-39-36-21-15-16-23-44(36)51-47(39)45/h9,11-18,20-29,31,41,46H,5-8,10,19,30H2,1-4H3/q+2. The Kier molecular flexibility index (Phi) is 8.15. The maximum absolute atomic E-state index is 2.76. The first-order valence-corrected chi connectivity index (χ1v) is 20.1. The molecule has 2 aliphatic heterocycles. The zero-order valence-corrected chi connectivity index (χ0v) is 31.3. The number of hydrogen-bond donors (Lipinski definition) is 0. The first-order valence-electron chi connectivity index (χ1n) is 19.2. The fourth-order valence-electron chi connectivity index (χ4n) is 9.90. The summed E-state index contributed by atoms with van der Waals surface area (Å²) >= 11 is 1.97. The molecule has 2 aliphatic rings. The highest BCUT2D eigenvalue weighted by atomic mass is 32.1. The van der Waals surface area contributed by atoms with Gasteiger partial charge in [-0.2, -0.15) is 9.13 Å². The number of pyridine rings is 2. The molecule has 2 unspecified atom stereocenters. The molecule has 2 nitrogen and oxygen atoms in total. The van der Waals surface area contributed by atoms with Gasteiger partial charge in [-0.1, -0.05) is 112 Å². The van der Waals surface area contributed by atoms with Crippen molar-refractivity contribution in [2.45, 2.75) is 90.1 Å². The second-order valence-electron chi connectivity index (χ2n) is 15.0. The third kappa shape index (κ3) is 5.03. The zero-order chi connectivity index (χ0) is 34.7. The van der Waals surface area contributed by atoms with E-state index >= 15 is 0 Å². The molecule has 0 radical (unpaired) electrons. The van der Waals surface area contributed by atoms with E-state index in [1.54, 1.807) is 0 Å². The van der Waals surface area contributed by atoms with Crippen molar-refractivity contribution < 1.29 is 9.13 Å². The van der Waals surface area contributed by atoms with Crippen LogP contribution >= 0.6 is 11.3 Å². The molecule has 0 bridgehead atoms. The number of rotatable bonds is 8. The lowest BCUT2D eigenvalue weighted by Gasteiger charge is -2.44. The van der Waals surface area contributed by atoms with Crippen molar-refractivity contribution in [2.75, 3.05) is 0 Å². The van der Waals surface area contributed by atoms with E-state index in [0.717, 1.165) is 25.8 Å². The summed E-state index contributed by atoms with van der Waals surface area (Å²) in [4.78, 5) is 0. The van der Waals surface area contributed by atoms with Gasteiger partial charge in [0.25, 0.3) is 0 Å². The maximum Gasteiger partial charge on any atom is 0.214 e. The summed E-state index contributed by atoms with van der Waals surface area (Å²) < 4.78 is 8.15. The molecule has 0 aliphatic carbocycles. The van der Waals surface area contributed by atoms with E-state index in [-0.39, 0.29) is 5.54 Å². The molecule has 5 heterocycles. The van der Waals surface area contributed by atoms with E-state index in [4.69, 9.17) is 0 Å². The van der Waals surface area contributed by atoms with Crippen molar-refractivity contribution in [2.24, 2.45) is 0 Å². The lowest BCUT2D eigenvalue weighted by atomic mass is 9.62. The van der Waals surface area contributed by atoms with Crippen LogP contribution in [0.1, 0.15) is 87.0 Å². The van der Waals surface area contributed by atoms with E-state index in [2.05, 4.69) is 158 Å². The van der Waals surface area contributed by atoms with Crippen LogP contribution in [0.3, 0.4) is 0 Å². The molecule has 0 amide bonds. The van der Waals surface area contributed by atoms with Crippen LogP contribution in [0.2, 0.25) is 0 Å². The fourth-order valence-corrected chi connectivity index (χ4v) is 11.2. The highest BCUT2D eigenvalue weighted by Crippen LogP contribution is 2.56. The molecule has 0 N–H and O–H groups in total. The van der Waals surface area contributed by atoms with E-state index < -0.39 is 0 Å². The van der Waals surface area contributed by atoms with Crippen molar-refractivity contribution in [1.82, 2.24) is 0 Å². The van der Waals surface area contributed by atoms with Gasteiger partial charge in [0.15, 0.2) is 24.5 Å². The number of thiophene rings is 1. The lowest BCUT2D eigenvalue weighted by Crippen LogP contribution is -2.64. The molecule has 0 fully saturated rings. The largest absolute Gasteiger partial charge is 0.214 e. The monoisotopic (exact) mass is 684 g/mol. The SMILES string of the molecule is CCCCCc1cc2[n+](cc1-c1ccccc1)C(CC)(CC)C(C1C[n+]3cc(C)ccc3-c3c1ccc1c3sc3ccccc31)c1ccccc1-2. The fraction of sp³-hybridized carbons (Fsp3) is 0.292. The van der Waals surface area contributed by atoms with E-state index in [1.165, 1.54) is 95.3 Å². The van der Waals surface area contributed by atoms with Gasteiger partial charge < -0.3 is 0 Å². The van der Waals surface area contributed by atoms with Gasteiger partial charge >= 0.3 is 0 Å². The van der Waals surface area contributed by atoms with E-state index in [0.29, 0.717) is 11.8 Å². The van der Waals surface area contributed by atoms with Gasteiger partial charge in [-0.15, -0.1) is 11.3 Å². The molecule has 3 heteroatoms. The van der Waals surface area contributed by atoms with Crippen LogP contribution in [0.5, 0.6) is 0 Å². The van der Waals surface area contributed by atoms with Crippen LogP contribution in [0.15, 0.2) is 122 Å². The topological polar surface area (TPSA) is 7.76 Å². The van der Waals surface area contributed by atoms with Crippen molar-refractivity contribution in [3.05, 3.63) is 144 Å². The van der Waals surface area contributed by atoms with Gasteiger partial charge in [-0.05, 0) is 60.2 Å². The van der Waals surface area contributed by atoms with Gasteiger partial charge in [-0.3, -0.25) is 0 Å². The first kappa shape index (κ1) is 32.3. The Balaban J connectivity index is 1.32. The number of benzene rings is 4. The molecule has 2 atom stereocenters. The molecular weight excluding hydrogens is 637 g/mol. The maximum atomic E-state index is 2.76. The Labute approximate surface area is 307 Å². The Bertz CT molecular complexity index is 2410. The van der Waals surface area contributed by atoms with Crippen molar-refractivity contribution in [3.63, 3.8) is 0 Å². The van der Waals surface area contributed by atoms with Crippen LogP contribution in [-0.4, -0.2) is 0 Å². The van der Waals surface area contributed by atoms with Gasteiger partial charge in [0, 0.05) is 61.8 Å². The van der Waals surface area contributed by atoms with Crippen LogP contribution in [0, 0.1) is 6.92 Å². The minimum atomic E-state index is -0.103. The zero-order valence-electron chi connectivity index (χ0n) is 30.5. The summed E-state index contributed by atoms with van der Waals surface area (Å²) in [6.07, 6.45) is 11.9. The number of aromatic nitrogens is 2. The van der Waals surface area contributed by atoms with Gasteiger partial charge in [0.1, 0.15) is 0 Å². The normalized spacial score (nSPS) is 17.2. The Morgan fingerprint density at radius 2 is 1.49 bits per heavy atom.